The number of carbonyl (C=O) groups excluding carboxylic acids is 2. The predicted molar refractivity (Wildman–Crippen MR) is 179 cm³/mol. The second-order valence-corrected chi connectivity index (χ2v) is 11.0. The van der Waals surface area contributed by atoms with Gasteiger partial charge in [-0.05, 0) is 48.5 Å². The van der Waals surface area contributed by atoms with Crippen molar-refractivity contribution in [3.05, 3.63) is 97.1 Å². The number of hydrogen-bond acceptors (Lipinski definition) is 5. The maximum Gasteiger partial charge on any atom is 0.243 e. The number of hydrogen-bond donors (Lipinski definition) is 0. The van der Waals surface area contributed by atoms with E-state index in [1.807, 2.05) is 85.9 Å². The molecule has 9 heteroatoms. The van der Waals surface area contributed by atoms with Crippen LogP contribution < -0.4 is 38.0 Å². The summed E-state index contributed by atoms with van der Waals surface area (Å²) in [5.41, 5.74) is 7.23. The fourth-order valence-corrected chi connectivity index (χ4v) is 6.51. The molecular formula is C37H31IN4O4. The maximum absolute atomic E-state index is 12.3. The van der Waals surface area contributed by atoms with E-state index < -0.39 is 0 Å². The van der Waals surface area contributed by atoms with Crippen LogP contribution in [0, 0.1) is 0 Å². The summed E-state index contributed by atoms with van der Waals surface area (Å²) in [4.78, 5) is 29.2. The lowest BCUT2D eigenvalue weighted by atomic mass is 10.1. The molecule has 0 saturated carbocycles. The molecule has 8 rings (SSSR count). The van der Waals surface area contributed by atoms with E-state index in [4.69, 9.17) is 14.5 Å². The van der Waals surface area contributed by atoms with Crippen LogP contribution in [0.5, 0.6) is 11.5 Å². The number of pyridine rings is 2. The largest absolute Gasteiger partial charge is 1.00 e. The highest BCUT2D eigenvalue weighted by Crippen LogP contribution is 2.37. The quantitative estimate of drug-likeness (QED) is 0.195. The van der Waals surface area contributed by atoms with Crippen LogP contribution in [0.15, 0.2) is 97.1 Å². The number of fused-ring (bicyclic) bond motifs is 8. The minimum absolute atomic E-state index is 0. The Labute approximate surface area is 281 Å². The molecule has 0 aliphatic heterocycles. The smallest absolute Gasteiger partial charge is 0.243 e. The molecule has 8 nitrogen and oxygen atoms in total. The summed E-state index contributed by atoms with van der Waals surface area (Å²) < 4.78 is 16.6. The molecule has 0 saturated heterocycles. The number of halogens is 1. The molecule has 0 fully saturated rings. The van der Waals surface area contributed by atoms with E-state index in [0.29, 0.717) is 0 Å². The fraction of sp³-hybridized carbons (Fsp3) is 0.135. The Kier molecular flexibility index (Phi) is 8.11. The van der Waals surface area contributed by atoms with E-state index in [1.165, 1.54) is 0 Å². The van der Waals surface area contributed by atoms with Gasteiger partial charge >= 0.3 is 0 Å². The average Bonchev–Trinajstić information content (AvgIpc) is 3.56. The third-order valence-corrected chi connectivity index (χ3v) is 8.39. The normalized spacial score (nSPS) is 11.2. The monoisotopic (exact) mass is 722 g/mol. The van der Waals surface area contributed by atoms with Crippen LogP contribution in [-0.4, -0.2) is 40.2 Å². The summed E-state index contributed by atoms with van der Waals surface area (Å²) in [5, 5.41) is 3.96. The minimum Gasteiger partial charge on any atom is -1.00 e. The number of aromatic nitrogens is 4. The SMILES string of the molecule is COc1cccc2c1c1c(cc3ccccc3[n+]1C)n2C(C)=O.COc1cccc2c1c1nc3ccccc3cc1n2C(C)=O.[I-]. The average molecular weight is 723 g/mol. The van der Waals surface area contributed by atoms with E-state index in [-0.39, 0.29) is 35.8 Å². The molecule has 8 aromatic rings. The van der Waals surface area contributed by atoms with Gasteiger partial charge in [-0.3, -0.25) is 18.7 Å². The Morgan fingerprint density at radius 1 is 0.652 bits per heavy atom. The molecular weight excluding hydrogens is 691 g/mol. The summed E-state index contributed by atoms with van der Waals surface area (Å²) in [6.45, 7) is 3.15. The number of benzene rings is 4. The van der Waals surface area contributed by atoms with Crippen LogP contribution in [0.4, 0.5) is 0 Å². The molecule has 0 spiro atoms. The van der Waals surface area contributed by atoms with Crippen LogP contribution in [-0.2, 0) is 7.05 Å². The molecule has 230 valence electrons. The van der Waals surface area contributed by atoms with Gasteiger partial charge in [0.2, 0.25) is 22.8 Å². The van der Waals surface area contributed by atoms with Crippen molar-refractivity contribution in [1.29, 1.82) is 0 Å². The van der Waals surface area contributed by atoms with Gasteiger partial charge in [-0.25, -0.2) is 4.98 Å². The molecule has 4 aromatic heterocycles. The van der Waals surface area contributed by atoms with Gasteiger partial charge in [-0.1, -0.05) is 42.5 Å². The van der Waals surface area contributed by atoms with Crippen molar-refractivity contribution in [2.24, 2.45) is 7.05 Å². The summed E-state index contributed by atoms with van der Waals surface area (Å²) >= 11 is 0. The van der Waals surface area contributed by atoms with Crippen molar-refractivity contribution in [2.45, 2.75) is 13.8 Å². The fourth-order valence-electron chi connectivity index (χ4n) is 6.51. The van der Waals surface area contributed by atoms with Gasteiger partial charge in [0, 0.05) is 30.7 Å². The third-order valence-electron chi connectivity index (χ3n) is 8.39. The molecule has 0 unspecified atom stereocenters. The molecule has 0 aliphatic carbocycles. The molecule has 0 aliphatic rings. The van der Waals surface area contributed by atoms with Gasteiger partial charge in [-0.15, -0.1) is 0 Å². The van der Waals surface area contributed by atoms with Gasteiger partial charge in [-0.2, -0.15) is 4.57 Å². The van der Waals surface area contributed by atoms with Gasteiger partial charge < -0.3 is 33.5 Å². The Balaban J connectivity index is 0.000000158. The summed E-state index contributed by atoms with van der Waals surface area (Å²) in [7, 11) is 5.32. The molecule has 0 N–H and O–H groups in total. The topological polar surface area (TPSA) is 79.2 Å². The zero-order chi connectivity index (χ0) is 31.4. The Morgan fingerprint density at radius 3 is 1.85 bits per heavy atom. The number of carbonyl (C=O) groups is 2. The van der Waals surface area contributed by atoms with Crippen LogP contribution >= 0.6 is 0 Å². The van der Waals surface area contributed by atoms with Gasteiger partial charge in [0.15, 0.2) is 0 Å². The van der Waals surface area contributed by atoms with Gasteiger partial charge in [0.05, 0.1) is 41.7 Å². The highest BCUT2D eigenvalue weighted by Gasteiger charge is 2.25. The van der Waals surface area contributed by atoms with Crippen LogP contribution in [0.2, 0.25) is 0 Å². The standard InChI is InChI=1S/C19H17N2O2.C18H14N2O2.HI/c1-12(22)21-15-9-6-10-17(23-3)18(15)19-16(21)11-13-7-4-5-8-14(13)20(19)2;1-11(21)20-14-8-5-9-16(22-2)17(14)18-15(20)10-12-6-3-4-7-13(12)19-18;/h4-11H,1-3H3;3-10H,1-2H3;1H/q+1;;/p-1. The highest BCUT2D eigenvalue weighted by atomic mass is 127. The number of methoxy groups -OCH3 is 2. The van der Waals surface area contributed by atoms with E-state index in [2.05, 4.69) is 22.8 Å². The van der Waals surface area contributed by atoms with Crippen LogP contribution in [0.1, 0.15) is 23.4 Å². The first-order valence-electron chi connectivity index (χ1n) is 14.6. The zero-order valence-corrected chi connectivity index (χ0v) is 28.2. The maximum atomic E-state index is 12.3. The van der Waals surface area contributed by atoms with Crippen molar-refractivity contribution in [3.63, 3.8) is 0 Å². The Morgan fingerprint density at radius 2 is 1.20 bits per heavy atom. The number of para-hydroxylation sites is 2. The third kappa shape index (κ3) is 4.73. The zero-order valence-electron chi connectivity index (χ0n) is 26.0. The number of rotatable bonds is 2. The van der Waals surface area contributed by atoms with Crippen molar-refractivity contribution >= 4 is 77.5 Å². The second-order valence-electron chi connectivity index (χ2n) is 11.0. The molecule has 0 bridgehead atoms. The summed E-state index contributed by atoms with van der Waals surface area (Å²) in [6, 6.07) is 31.7. The van der Waals surface area contributed by atoms with E-state index in [1.54, 1.807) is 37.2 Å². The van der Waals surface area contributed by atoms with E-state index in [9.17, 15) is 9.59 Å². The molecule has 4 aromatic carbocycles. The Bertz CT molecular complexity index is 2500. The number of aryl methyl sites for hydroxylation is 1. The highest BCUT2D eigenvalue weighted by molar-refractivity contribution is 6.16. The van der Waals surface area contributed by atoms with Crippen LogP contribution in [0.25, 0.3) is 65.7 Å². The van der Waals surface area contributed by atoms with Crippen molar-refractivity contribution < 1.29 is 47.6 Å². The summed E-state index contributed by atoms with van der Waals surface area (Å²) in [5.74, 6) is 1.46. The van der Waals surface area contributed by atoms with Gasteiger partial charge in [0.1, 0.15) is 35.0 Å². The molecule has 0 amide bonds. The molecule has 0 radical (unpaired) electrons. The molecule has 0 atom stereocenters. The predicted octanol–water partition coefficient (Wildman–Crippen LogP) is 4.46. The first kappa shape index (κ1) is 31.0. The Hall–Kier alpha value is -5.03. The lowest BCUT2D eigenvalue weighted by Gasteiger charge is -2.03. The molecule has 46 heavy (non-hydrogen) atoms. The second kappa shape index (κ2) is 12.1. The van der Waals surface area contributed by atoms with E-state index >= 15 is 0 Å². The first-order valence-corrected chi connectivity index (χ1v) is 14.6. The molecule has 4 heterocycles. The van der Waals surface area contributed by atoms with E-state index in [0.717, 1.165) is 77.2 Å². The summed E-state index contributed by atoms with van der Waals surface area (Å²) in [6.07, 6.45) is 0. The van der Waals surface area contributed by atoms with Crippen molar-refractivity contribution in [2.75, 3.05) is 14.2 Å². The lowest BCUT2D eigenvalue weighted by molar-refractivity contribution is -0.616. The first-order chi connectivity index (χ1) is 21.8. The van der Waals surface area contributed by atoms with Gasteiger partial charge in [0.25, 0.3) is 0 Å². The van der Waals surface area contributed by atoms with Crippen molar-refractivity contribution in [1.82, 2.24) is 14.1 Å². The number of nitrogens with zero attached hydrogens (tertiary/aromatic N) is 4. The van der Waals surface area contributed by atoms with Crippen LogP contribution in [0.3, 0.4) is 0 Å². The minimum atomic E-state index is -0.0367. The van der Waals surface area contributed by atoms with Crippen molar-refractivity contribution in [3.8, 4) is 11.5 Å². The lowest BCUT2D eigenvalue weighted by Crippen LogP contribution is -3.00. The number of ether oxygens (including phenoxy) is 2.